The summed E-state index contributed by atoms with van der Waals surface area (Å²) in [5.41, 5.74) is 1.98. The van der Waals surface area contributed by atoms with Crippen LogP contribution in [0.2, 0.25) is 0 Å². The second kappa shape index (κ2) is 6.08. The van der Waals surface area contributed by atoms with Crippen LogP contribution in [0.25, 0.3) is 20.8 Å². The van der Waals surface area contributed by atoms with E-state index >= 15 is 0 Å². The molecule has 0 radical (unpaired) electrons. The number of hydrogen-bond acceptors (Lipinski definition) is 4. The third-order valence-electron chi connectivity index (χ3n) is 4.28. The Bertz CT molecular complexity index is 802. The molecule has 1 aliphatic rings. The minimum atomic E-state index is 0.0998. The molecule has 1 amide bonds. The van der Waals surface area contributed by atoms with Gasteiger partial charge in [-0.1, -0.05) is 25.0 Å². The number of amides is 1. The molecule has 4 nitrogen and oxygen atoms in total. The highest BCUT2D eigenvalue weighted by atomic mass is 32.1. The Morgan fingerprint density at radius 1 is 1.13 bits per heavy atom. The van der Waals surface area contributed by atoms with Crippen LogP contribution in [-0.4, -0.2) is 15.9 Å². The number of fused-ring (bicyclic) bond motifs is 1. The molecule has 2 heterocycles. The van der Waals surface area contributed by atoms with Gasteiger partial charge in [-0.25, -0.2) is 9.97 Å². The maximum absolute atomic E-state index is 12.1. The van der Waals surface area contributed by atoms with Gasteiger partial charge in [0, 0.05) is 17.7 Å². The van der Waals surface area contributed by atoms with Crippen LogP contribution in [0.15, 0.2) is 42.6 Å². The fraction of sp³-hybridized carbons (Fsp3) is 0.278. The molecule has 1 N–H and O–H groups in total. The monoisotopic (exact) mass is 323 g/mol. The van der Waals surface area contributed by atoms with E-state index in [4.69, 9.17) is 0 Å². The molecule has 5 heteroatoms. The van der Waals surface area contributed by atoms with Crippen molar-refractivity contribution in [1.29, 1.82) is 0 Å². The van der Waals surface area contributed by atoms with Gasteiger partial charge in [0.1, 0.15) is 10.8 Å². The lowest BCUT2D eigenvalue weighted by molar-refractivity contribution is -0.119. The first-order chi connectivity index (χ1) is 11.3. The number of anilines is 1. The zero-order valence-electron chi connectivity index (χ0n) is 12.7. The summed E-state index contributed by atoms with van der Waals surface area (Å²) in [5.74, 6) is 0.871. The number of nitrogens with one attached hydrogen (secondary N) is 1. The minimum Gasteiger partial charge on any atom is -0.310 e. The molecule has 1 aromatic carbocycles. The quantitative estimate of drug-likeness (QED) is 0.773. The van der Waals surface area contributed by atoms with Gasteiger partial charge in [-0.05, 0) is 37.1 Å². The lowest BCUT2D eigenvalue weighted by Gasteiger charge is -2.09. The molecule has 1 saturated carbocycles. The molecule has 0 aliphatic heterocycles. The Morgan fingerprint density at radius 3 is 2.70 bits per heavy atom. The van der Waals surface area contributed by atoms with E-state index in [1.54, 1.807) is 17.5 Å². The highest BCUT2D eigenvalue weighted by Crippen LogP contribution is 2.30. The Balaban J connectivity index is 1.52. The van der Waals surface area contributed by atoms with Crippen LogP contribution in [0.3, 0.4) is 0 Å². The van der Waals surface area contributed by atoms with Gasteiger partial charge in [-0.3, -0.25) is 4.79 Å². The molecule has 0 atom stereocenters. The maximum atomic E-state index is 12.1. The van der Waals surface area contributed by atoms with Crippen molar-refractivity contribution in [2.75, 3.05) is 5.32 Å². The number of carbonyl (C=O) groups is 1. The SMILES string of the molecule is O=C(Nc1ccc(-c2nc3ccccc3s2)cn1)C1CCCC1. The van der Waals surface area contributed by atoms with Crippen LogP contribution in [0, 0.1) is 5.92 Å². The molecule has 0 bridgehead atoms. The first-order valence-electron chi connectivity index (χ1n) is 7.92. The molecule has 0 unspecified atom stereocenters. The van der Waals surface area contributed by atoms with Gasteiger partial charge in [-0.15, -0.1) is 11.3 Å². The number of para-hydroxylation sites is 1. The second-order valence-corrected chi connectivity index (χ2v) is 6.92. The molecule has 0 spiro atoms. The molecule has 2 aromatic heterocycles. The Morgan fingerprint density at radius 2 is 1.96 bits per heavy atom. The van der Waals surface area contributed by atoms with Crippen molar-refractivity contribution in [2.45, 2.75) is 25.7 Å². The number of hydrogen-bond donors (Lipinski definition) is 1. The predicted octanol–water partition coefficient (Wildman–Crippen LogP) is 4.49. The van der Waals surface area contributed by atoms with Crippen molar-refractivity contribution in [2.24, 2.45) is 5.92 Å². The Kier molecular flexibility index (Phi) is 3.79. The predicted molar refractivity (Wildman–Crippen MR) is 93.4 cm³/mol. The van der Waals surface area contributed by atoms with Gasteiger partial charge in [0.2, 0.25) is 5.91 Å². The highest BCUT2D eigenvalue weighted by molar-refractivity contribution is 7.21. The maximum Gasteiger partial charge on any atom is 0.228 e. The average Bonchev–Trinajstić information content (AvgIpc) is 3.25. The van der Waals surface area contributed by atoms with Crippen LogP contribution in [0.4, 0.5) is 5.82 Å². The molecular formula is C18H17N3OS. The average molecular weight is 323 g/mol. The van der Waals surface area contributed by atoms with E-state index in [9.17, 15) is 4.79 Å². The van der Waals surface area contributed by atoms with Crippen molar-refractivity contribution in [3.05, 3.63) is 42.6 Å². The van der Waals surface area contributed by atoms with Gasteiger partial charge in [-0.2, -0.15) is 0 Å². The first-order valence-corrected chi connectivity index (χ1v) is 8.74. The van der Waals surface area contributed by atoms with Crippen molar-refractivity contribution in [1.82, 2.24) is 9.97 Å². The lowest BCUT2D eigenvalue weighted by atomic mass is 10.1. The number of benzene rings is 1. The molecule has 3 aromatic rings. The van der Waals surface area contributed by atoms with Crippen LogP contribution in [0.5, 0.6) is 0 Å². The number of carbonyl (C=O) groups excluding carboxylic acids is 1. The highest BCUT2D eigenvalue weighted by Gasteiger charge is 2.22. The van der Waals surface area contributed by atoms with E-state index in [0.717, 1.165) is 41.8 Å². The van der Waals surface area contributed by atoms with Crippen LogP contribution in [0.1, 0.15) is 25.7 Å². The normalized spacial score (nSPS) is 15.1. The molecule has 4 rings (SSSR count). The standard InChI is InChI=1S/C18H17N3OS/c22-17(12-5-1-2-6-12)21-16-10-9-13(11-19-16)18-20-14-7-3-4-8-15(14)23-18/h3-4,7-12H,1-2,5-6H2,(H,19,21,22). The van der Waals surface area contributed by atoms with Gasteiger partial charge >= 0.3 is 0 Å². The van der Waals surface area contributed by atoms with Crippen LogP contribution >= 0.6 is 11.3 Å². The fourth-order valence-corrected chi connectivity index (χ4v) is 3.96. The van der Waals surface area contributed by atoms with Crippen molar-refractivity contribution in [3.8, 4) is 10.6 Å². The van der Waals surface area contributed by atoms with Crippen molar-refractivity contribution in [3.63, 3.8) is 0 Å². The summed E-state index contributed by atoms with van der Waals surface area (Å²) in [6, 6.07) is 11.9. The van der Waals surface area contributed by atoms with E-state index in [1.165, 1.54) is 4.70 Å². The molecule has 116 valence electrons. The number of nitrogens with zero attached hydrogens (tertiary/aromatic N) is 2. The van der Waals surface area contributed by atoms with Gasteiger partial charge in [0.15, 0.2) is 0 Å². The zero-order chi connectivity index (χ0) is 15.6. The van der Waals surface area contributed by atoms with Gasteiger partial charge < -0.3 is 5.32 Å². The summed E-state index contributed by atoms with van der Waals surface area (Å²) in [7, 11) is 0. The third-order valence-corrected chi connectivity index (χ3v) is 5.37. The third kappa shape index (κ3) is 2.97. The molecule has 1 fully saturated rings. The van der Waals surface area contributed by atoms with E-state index in [2.05, 4.69) is 21.4 Å². The van der Waals surface area contributed by atoms with Crippen molar-refractivity contribution >= 4 is 33.3 Å². The summed E-state index contributed by atoms with van der Waals surface area (Å²) in [5, 5.41) is 3.87. The zero-order valence-corrected chi connectivity index (χ0v) is 13.5. The van der Waals surface area contributed by atoms with E-state index in [1.807, 2.05) is 30.3 Å². The lowest BCUT2D eigenvalue weighted by Crippen LogP contribution is -2.20. The first kappa shape index (κ1) is 14.3. The van der Waals surface area contributed by atoms with E-state index in [-0.39, 0.29) is 11.8 Å². The molecule has 23 heavy (non-hydrogen) atoms. The minimum absolute atomic E-state index is 0.0998. The summed E-state index contributed by atoms with van der Waals surface area (Å²) in [6.45, 7) is 0. The number of rotatable bonds is 3. The van der Waals surface area contributed by atoms with E-state index in [0.29, 0.717) is 5.82 Å². The van der Waals surface area contributed by atoms with Gasteiger partial charge in [0.25, 0.3) is 0 Å². The van der Waals surface area contributed by atoms with Gasteiger partial charge in [0.05, 0.1) is 10.2 Å². The second-order valence-electron chi connectivity index (χ2n) is 5.89. The molecule has 0 saturated heterocycles. The van der Waals surface area contributed by atoms with Crippen LogP contribution in [-0.2, 0) is 4.79 Å². The summed E-state index contributed by atoms with van der Waals surface area (Å²) >= 11 is 1.65. The van der Waals surface area contributed by atoms with Crippen molar-refractivity contribution < 1.29 is 4.79 Å². The fourth-order valence-electron chi connectivity index (χ4n) is 3.01. The smallest absolute Gasteiger partial charge is 0.228 e. The summed E-state index contributed by atoms with van der Waals surface area (Å²) in [6.07, 6.45) is 6.08. The van der Waals surface area contributed by atoms with E-state index < -0.39 is 0 Å². The summed E-state index contributed by atoms with van der Waals surface area (Å²) in [4.78, 5) is 21.1. The Hall–Kier alpha value is -2.27. The summed E-state index contributed by atoms with van der Waals surface area (Å²) < 4.78 is 1.17. The largest absolute Gasteiger partial charge is 0.310 e. The topological polar surface area (TPSA) is 54.9 Å². The number of thiazole rings is 1. The molecule has 1 aliphatic carbocycles. The number of aromatic nitrogens is 2. The van der Waals surface area contributed by atoms with Crippen LogP contribution < -0.4 is 5.32 Å². The molecular weight excluding hydrogens is 306 g/mol. The Labute approximate surface area is 138 Å². The number of pyridine rings is 1.